The maximum absolute atomic E-state index is 6.94. The molecule has 0 aliphatic carbocycles. The highest BCUT2D eigenvalue weighted by molar-refractivity contribution is 6.33. The zero-order chi connectivity index (χ0) is 35.8. The lowest BCUT2D eigenvalue weighted by atomic mass is 10.0. The van der Waals surface area contributed by atoms with Gasteiger partial charge in [0.2, 0.25) is 0 Å². The normalized spacial score (nSPS) is 12.4. The van der Waals surface area contributed by atoms with Crippen LogP contribution in [0.4, 0.5) is 0 Å². The van der Waals surface area contributed by atoms with Gasteiger partial charge in [0.25, 0.3) is 0 Å². The van der Waals surface area contributed by atoms with Crippen molar-refractivity contribution in [2.75, 3.05) is 0 Å². The van der Waals surface area contributed by atoms with Gasteiger partial charge in [0, 0.05) is 38.2 Å². The van der Waals surface area contributed by atoms with Crippen LogP contribution >= 0.6 is 0 Å². The van der Waals surface area contributed by atoms with E-state index in [0.29, 0.717) is 17.5 Å². The predicted octanol–water partition coefficient (Wildman–Crippen LogP) is 12.5. The van der Waals surface area contributed by atoms with Crippen molar-refractivity contribution in [2.24, 2.45) is 0 Å². The third kappa shape index (κ3) is 3.79. The van der Waals surface area contributed by atoms with Crippen molar-refractivity contribution >= 4 is 87.4 Å². The number of nitrogens with zero attached hydrogens (tertiary/aromatic N) is 5. The first kappa shape index (κ1) is 28.9. The Morgan fingerprint density at radius 3 is 1.64 bits per heavy atom. The molecule has 55 heavy (non-hydrogen) atoms. The molecule has 0 amide bonds. The van der Waals surface area contributed by atoms with E-state index in [1.807, 2.05) is 36.4 Å². The summed E-state index contributed by atoms with van der Waals surface area (Å²) in [5.41, 5.74) is 11.1. The zero-order valence-electron chi connectivity index (χ0n) is 29.2. The molecular weight excluding hydrogens is 675 g/mol. The van der Waals surface area contributed by atoms with E-state index in [2.05, 4.69) is 136 Å². The fourth-order valence-corrected chi connectivity index (χ4v) is 9.22. The van der Waals surface area contributed by atoms with Crippen LogP contribution in [-0.2, 0) is 0 Å². The number of para-hydroxylation sites is 2. The fraction of sp³-hybridized carbons (Fsp3) is 0. The highest BCUT2D eigenvalue weighted by Crippen LogP contribution is 2.48. The molecule has 13 rings (SSSR count). The van der Waals surface area contributed by atoms with Gasteiger partial charge in [0.1, 0.15) is 11.2 Å². The smallest absolute Gasteiger partial charge is 0.164 e. The molecular formula is C49H27N5O. The van der Waals surface area contributed by atoms with E-state index >= 15 is 0 Å². The summed E-state index contributed by atoms with van der Waals surface area (Å²) in [6, 6.07) is 57.6. The Labute approximate surface area is 312 Å². The fourth-order valence-electron chi connectivity index (χ4n) is 9.22. The van der Waals surface area contributed by atoms with Crippen molar-refractivity contribution in [1.82, 2.24) is 23.8 Å². The largest absolute Gasteiger partial charge is 0.456 e. The summed E-state index contributed by atoms with van der Waals surface area (Å²) < 4.78 is 11.9. The van der Waals surface area contributed by atoms with E-state index in [-0.39, 0.29) is 0 Å². The third-order valence-corrected chi connectivity index (χ3v) is 11.4. The van der Waals surface area contributed by atoms with Crippen LogP contribution in [0.2, 0.25) is 0 Å². The molecule has 0 N–H and O–H groups in total. The van der Waals surface area contributed by atoms with E-state index in [0.717, 1.165) is 77.0 Å². The van der Waals surface area contributed by atoms with Crippen LogP contribution in [0.3, 0.4) is 0 Å². The molecule has 5 aromatic heterocycles. The highest BCUT2D eigenvalue weighted by Gasteiger charge is 2.27. The topological polar surface area (TPSA) is 60.6 Å². The molecule has 0 fully saturated rings. The van der Waals surface area contributed by atoms with E-state index in [9.17, 15) is 0 Å². The monoisotopic (exact) mass is 701 g/mol. The number of rotatable bonds is 3. The number of benzene rings is 8. The minimum absolute atomic E-state index is 0.595. The average Bonchev–Trinajstić information content (AvgIpc) is 3.91. The zero-order valence-corrected chi connectivity index (χ0v) is 29.2. The molecule has 0 aliphatic heterocycles. The Morgan fingerprint density at radius 1 is 0.364 bits per heavy atom. The second kappa shape index (κ2) is 10.5. The van der Waals surface area contributed by atoms with Crippen LogP contribution in [0.5, 0.6) is 0 Å². The lowest BCUT2D eigenvalue weighted by Gasteiger charge is -2.12. The summed E-state index contributed by atoms with van der Waals surface area (Å²) in [7, 11) is 0. The maximum Gasteiger partial charge on any atom is 0.164 e. The summed E-state index contributed by atoms with van der Waals surface area (Å²) in [6.45, 7) is 0. The minimum Gasteiger partial charge on any atom is -0.456 e. The van der Waals surface area contributed by atoms with Gasteiger partial charge in [0.05, 0.1) is 43.9 Å². The van der Waals surface area contributed by atoms with Crippen molar-refractivity contribution in [2.45, 2.75) is 0 Å². The molecule has 8 aromatic carbocycles. The van der Waals surface area contributed by atoms with Gasteiger partial charge in [-0.1, -0.05) is 127 Å². The Balaban J connectivity index is 1.32. The van der Waals surface area contributed by atoms with Gasteiger partial charge in [-0.15, -0.1) is 0 Å². The first-order chi connectivity index (χ1) is 27.3. The van der Waals surface area contributed by atoms with E-state index in [1.165, 1.54) is 27.1 Å². The summed E-state index contributed by atoms with van der Waals surface area (Å²) in [5.74, 6) is 1.84. The van der Waals surface area contributed by atoms with Crippen molar-refractivity contribution in [3.05, 3.63) is 164 Å². The van der Waals surface area contributed by atoms with Crippen LogP contribution in [-0.4, -0.2) is 23.8 Å². The van der Waals surface area contributed by atoms with Gasteiger partial charge in [0.15, 0.2) is 17.5 Å². The standard InChI is InChI=1S/C49H27N5O/c1-3-14-28(15-4-1)47-50-48(29-16-5-2-6-17-29)52-49(51-47)34-27-40-44-43-37(24-13-25-39(43)55-40)53-35-22-11-9-20-32(35)41-31-19-8-7-18-30(31)26-38(45(41)53)54-36-23-12-10-21-33(36)42(34)46(44)54/h1-27H. The second-order valence-corrected chi connectivity index (χ2v) is 14.4. The van der Waals surface area contributed by atoms with Crippen LogP contribution in [0.25, 0.3) is 122 Å². The van der Waals surface area contributed by atoms with Gasteiger partial charge in [-0.3, -0.25) is 0 Å². The molecule has 0 aliphatic rings. The molecule has 0 unspecified atom stereocenters. The Hall–Kier alpha value is -7.57. The van der Waals surface area contributed by atoms with Crippen LogP contribution in [0.15, 0.2) is 168 Å². The molecule has 6 heteroatoms. The average molecular weight is 702 g/mol. The molecule has 0 bridgehead atoms. The third-order valence-electron chi connectivity index (χ3n) is 11.4. The quantitative estimate of drug-likeness (QED) is 0.184. The molecule has 5 heterocycles. The summed E-state index contributed by atoms with van der Waals surface area (Å²) in [5, 5.41) is 9.24. The highest BCUT2D eigenvalue weighted by atomic mass is 16.3. The van der Waals surface area contributed by atoms with Crippen LogP contribution < -0.4 is 0 Å². The van der Waals surface area contributed by atoms with E-state index in [4.69, 9.17) is 19.4 Å². The van der Waals surface area contributed by atoms with Crippen LogP contribution in [0.1, 0.15) is 0 Å². The Kier molecular flexibility index (Phi) is 5.54. The molecule has 0 saturated heterocycles. The van der Waals surface area contributed by atoms with Crippen molar-refractivity contribution in [3.8, 4) is 34.2 Å². The number of fused-ring (bicyclic) bond motifs is 10. The van der Waals surface area contributed by atoms with Gasteiger partial charge < -0.3 is 13.2 Å². The van der Waals surface area contributed by atoms with Gasteiger partial charge in [-0.05, 0) is 47.2 Å². The summed E-state index contributed by atoms with van der Waals surface area (Å²) in [4.78, 5) is 15.5. The van der Waals surface area contributed by atoms with Gasteiger partial charge >= 0.3 is 0 Å². The van der Waals surface area contributed by atoms with Crippen molar-refractivity contribution in [3.63, 3.8) is 0 Å². The summed E-state index contributed by atoms with van der Waals surface area (Å²) in [6.07, 6.45) is 0. The molecule has 0 radical (unpaired) electrons. The van der Waals surface area contributed by atoms with Gasteiger partial charge in [-0.2, -0.15) is 0 Å². The molecule has 6 nitrogen and oxygen atoms in total. The van der Waals surface area contributed by atoms with Crippen LogP contribution in [0, 0.1) is 0 Å². The first-order valence-corrected chi connectivity index (χ1v) is 18.5. The number of aromatic nitrogens is 5. The molecule has 13 aromatic rings. The van der Waals surface area contributed by atoms with E-state index in [1.54, 1.807) is 0 Å². The Morgan fingerprint density at radius 2 is 0.927 bits per heavy atom. The van der Waals surface area contributed by atoms with Gasteiger partial charge in [-0.25, -0.2) is 15.0 Å². The summed E-state index contributed by atoms with van der Waals surface area (Å²) >= 11 is 0. The predicted molar refractivity (Wildman–Crippen MR) is 224 cm³/mol. The first-order valence-electron chi connectivity index (χ1n) is 18.5. The number of furan rings is 1. The van der Waals surface area contributed by atoms with E-state index < -0.39 is 0 Å². The molecule has 254 valence electrons. The maximum atomic E-state index is 6.94. The minimum atomic E-state index is 0.595. The molecule has 0 atom stereocenters. The second-order valence-electron chi connectivity index (χ2n) is 14.4. The number of hydrogen-bond acceptors (Lipinski definition) is 4. The lowest BCUT2D eigenvalue weighted by molar-refractivity contribution is 0.669. The molecule has 0 saturated carbocycles. The molecule has 0 spiro atoms. The van der Waals surface area contributed by atoms with Crippen molar-refractivity contribution in [1.29, 1.82) is 0 Å². The van der Waals surface area contributed by atoms with Crippen molar-refractivity contribution < 1.29 is 4.42 Å². The Bertz CT molecular complexity index is 3650. The SMILES string of the molecule is c1ccc(-c2nc(-c3ccccc3)nc(-c3cc4oc5cccc6c5c4c4c3c3ccccc3n4c3cc4ccccc4c4c5ccccc5n6c43)n2)cc1. The lowest BCUT2D eigenvalue weighted by Crippen LogP contribution is -2.00. The number of hydrogen-bond donors (Lipinski definition) is 0.